The number of aliphatic hydroxyl groups is 2. The molecule has 0 aliphatic rings. The van der Waals surface area contributed by atoms with Gasteiger partial charge in [0.15, 0.2) is 0 Å². The summed E-state index contributed by atoms with van der Waals surface area (Å²) in [5.74, 6) is -0.829. The molecule has 1 aromatic carbocycles. The molecule has 0 bridgehead atoms. The van der Waals surface area contributed by atoms with E-state index in [1.54, 1.807) is 0 Å². The van der Waals surface area contributed by atoms with Gasteiger partial charge in [-0.2, -0.15) is 0 Å². The van der Waals surface area contributed by atoms with Gasteiger partial charge in [-0.25, -0.2) is 4.39 Å². The molecular weight excluding hydrogens is 285 g/mol. The molecule has 0 heterocycles. The van der Waals surface area contributed by atoms with Crippen LogP contribution in [0, 0.1) is 15.9 Å². The Morgan fingerprint density at radius 1 is 1.44 bits per heavy atom. The Morgan fingerprint density at radius 3 is 2.56 bits per heavy atom. The molecule has 0 aliphatic carbocycles. The van der Waals surface area contributed by atoms with E-state index in [0.717, 1.165) is 18.2 Å². The highest BCUT2D eigenvalue weighted by atomic mass is 79.9. The van der Waals surface area contributed by atoms with E-state index in [2.05, 4.69) is 15.9 Å². The molecule has 0 aliphatic heterocycles. The summed E-state index contributed by atoms with van der Waals surface area (Å²) in [6.07, 6.45) is -2.52. The van der Waals surface area contributed by atoms with E-state index in [9.17, 15) is 24.7 Å². The number of alkyl halides is 1. The number of halogens is 2. The average Bonchev–Trinajstić information content (AvgIpc) is 2.26. The molecule has 2 N–H and O–H groups in total. The van der Waals surface area contributed by atoms with Crippen molar-refractivity contribution in [3.8, 4) is 0 Å². The second kappa shape index (κ2) is 5.33. The third-order valence-electron chi connectivity index (χ3n) is 1.98. The number of hydrogen-bond acceptors (Lipinski definition) is 4. The van der Waals surface area contributed by atoms with E-state index in [0.29, 0.717) is 0 Å². The van der Waals surface area contributed by atoms with E-state index in [4.69, 9.17) is 0 Å². The lowest BCUT2D eigenvalue weighted by Gasteiger charge is -2.15. The molecule has 0 radical (unpaired) electrons. The molecule has 2 atom stereocenters. The van der Waals surface area contributed by atoms with Crippen LogP contribution < -0.4 is 0 Å². The molecule has 0 aromatic heterocycles. The first-order valence-corrected chi connectivity index (χ1v) is 5.45. The van der Waals surface area contributed by atoms with Crippen molar-refractivity contribution in [2.75, 3.05) is 5.33 Å². The van der Waals surface area contributed by atoms with Gasteiger partial charge >= 0.3 is 0 Å². The third-order valence-corrected chi connectivity index (χ3v) is 2.64. The predicted molar refractivity (Wildman–Crippen MR) is 57.8 cm³/mol. The summed E-state index contributed by atoms with van der Waals surface area (Å²) in [5.41, 5.74) is -0.491. The monoisotopic (exact) mass is 293 g/mol. The van der Waals surface area contributed by atoms with Gasteiger partial charge in [-0.05, 0) is 11.6 Å². The summed E-state index contributed by atoms with van der Waals surface area (Å²) in [6.45, 7) is 0. The van der Waals surface area contributed by atoms with Gasteiger partial charge in [0, 0.05) is 11.4 Å². The zero-order valence-electron chi connectivity index (χ0n) is 8.01. The van der Waals surface area contributed by atoms with Crippen molar-refractivity contribution in [1.82, 2.24) is 0 Å². The number of non-ortho nitro benzene ring substituents is 1. The van der Waals surface area contributed by atoms with E-state index < -0.39 is 28.6 Å². The Balaban J connectivity index is 3.09. The molecule has 5 nitrogen and oxygen atoms in total. The summed E-state index contributed by atoms with van der Waals surface area (Å²) in [6, 6.07) is 2.72. The van der Waals surface area contributed by atoms with E-state index >= 15 is 0 Å². The van der Waals surface area contributed by atoms with Gasteiger partial charge in [-0.3, -0.25) is 10.1 Å². The van der Waals surface area contributed by atoms with Crippen molar-refractivity contribution in [2.24, 2.45) is 0 Å². The molecule has 88 valence electrons. The van der Waals surface area contributed by atoms with Crippen molar-refractivity contribution < 1.29 is 19.5 Å². The van der Waals surface area contributed by atoms with Gasteiger partial charge in [-0.15, -0.1) is 0 Å². The highest BCUT2D eigenvalue weighted by molar-refractivity contribution is 9.09. The SMILES string of the molecule is O=[N+]([O-])c1cc(F)cc(C(O)C(O)CBr)c1. The maximum Gasteiger partial charge on any atom is 0.272 e. The quantitative estimate of drug-likeness (QED) is 0.501. The summed E-state index contributed by atoms with van der Waals surface area (Å²) < 4.78 is 13.0. The number of nitro groups is 1. The van der Waals surface area contributed by atoms with Crippen LogP contribution in [0.2, 0.25) is 0 Å². The van der Waals surface area contributed by atoms with Gasteiger partial charge in [0.1, 0.15) is 11.9 Å². The Kier molecular flexibility index (Phi) is 4.34. The summed E-state index contributed by atoms with van der Waals surface area (Å²) in [7, 11) is 0. The highest BCUT2D eigenvalue weighted by Gasteiger charge is 2.20. The first-order chi connectivity index (χ1) is 7.45. The maximum atomic E-state index is 13.0. The van der Waals surface area contributed by atoms with Crippen molar-refractivity contribution in [3.63, 3.8) is 0 Å². The Labute approximate surface area is 98.8 Å². The molecule has 0 amide bonds. The first kappa shape index (κ1) is 13.0. The molecule has 0 fully saturated rings. The number of benzene rings is 1. The minimum absolute atomic E-state index is 0.0290. The van der Waals surface area contributed by atoms with Crippen LogP contribution in [-0.4, -0.2) is 26.6 Å². The number of hydrogen-bond donors (Lipinski definition) is 2. The highest BCUT2D eigenvalue weighted by Crippen LogP contribution is 2.24. The van der Waals surface area contributed by atoms with Crippen molar-refractivity contribution in [2.45, 2.75) is 12.2 Å². The van der Waals surface area contributed by atoms with Crippen LogP contribution in [0.25, 0.3) is 0 Å². The smallest absolute Gasteiger partial charge is 0.272 e. The second-order valence-electron chi connectivity index (χ2n) is 3.17. The van der Waals surface area contributed by atoms with Crippen molar-refractivity contribution in [1.29, 1.82) is 0 Å². The molecular formula is C9H9BrFNO4. The van der Waals surface area contributed by atoms with Crippen LogP contribution in [0.1, 0.15) is 11.7 Å². The van der Waals surface area contributed by atoms with E-state index in [1.807, 2.05) is 0 Å². The fourth-order valence-corrected chi connectivity index (χ4v) is 1.53. The molecule has 7 heteroatoms. The van der Waals surface area contributed by atoms with Crippen molar-refractivity contribution >= 4 is 21.6 Å². The first-order valence-electron chi connectivity index (χ1n) is 4.32. The molecule has 1 rings (SSSR count). The van der Waals surface area contributed by atoms with Crippen LogP contribution in [0.4, 0.5) is 10.1 Å². The average molecular weight is 294 g/mol. The number of nitro benzene ring substituents is 1. The Hall–Kier alpha value is -1.05. The lowest BCUT2D eigenvalue weighted by atomic mass is 10.0. The lowest BCUT2D eigenvalue weighted by Crippen LogP contribution is -2.19. The van der Waals surface area contributed by atoms with Crippen LogP contribution in [-0.2, 0) is 0 Å². The molecule has 0 saturated carbocycles. The standard InChI is InChI=1S/C9H9BrFNO4/c10-4-8(13)9(14)5-1-6(11)3-7(2-5)12(15)16/h1-3,8-9,13-14H,4H2. The minimum Gasteiger partial charge on any atom is -0.389 e. The molecule has 2 unspecified atom stereocenters. The summed E-state index contributed by atoms with van der Waals surface area (Å²) in [4.78, 5) is 9.69. The summed E-state index contributed by atoms with van der Waals surface area (Å²) >= 11 is 2.94. The van der Waals surface area contributed by atoms with Gasteiger partial charge in [0.05, 0.1) is 17.1 Å². The van der Waals surface area contributed by atoms with Gasteiger partial charge in [0.25, 0.3) is 5.69 Å². The topological polar surface area (TPSA) is 83.6 Å². The zero-order chi connectivity index (χ0) is 12.3. The van der Waals surface area contributed by atoms with Gasteiger partial charge < -0.3 is 10.2 Å². The van der Waals surface area contributed by atoms with Crippen molar-refractivity contribution in [3.05, 3.63) is 39.7 Å². The van der Waals surface area contributed by atoms with Crippen LogP contribution in [0.3, 0.4) is 0 Å². The van der Waals surface area contributed by atoms with Gasteiger partial charge in [0.2, 0.25) is 0 Å². The summed E-state index contributed by atoms with van der Waals surface area (Å²) in [5, 5.41) is 29.4. The number of nitrogens with zero attached hydrogens (tertiary/aromatic N) is 1. The maximum absolute atomic E-state index is 13.0. The van der Waals surface area contributed by atoms with Gasteiger partial charge in [-0.1, -0.05) is 15.9 Å². The normalized spacial score (nSPS) is 14.5. The Bertz CT molecular complexity index is 401. The third kappa shape index (κ3) is 2.97. The second-order valence-corrected chi connectivity index (χ2v) is 3.81. The Morgan fingerprint density at radius 2 is 2.06 bits per heavy atom. The lowest BCUT2D eigenvalue weighted by molar-refractivity contribution is -0.385. The largest absolute Gasteiger partial charge is 0.389 e. The fraction of sp³-hybridized carbons (Fsp3) is 0.333. The fourth-order valence-electron chi connectivity index (χ4n) is 1.18. The molecule has 1 aromatic rings. The van der Waals surface area contributed by atoms with Crippen LogP contribution in [0.15, 0.2) is 18.2 Å². The number of rotatable bonds is 4. The molecule has 0 spiro atoms. The zero-order valence-corrected chi connectivity index (χ0v) is 9.59. The number of aliphatic hydroxyl groups excluding tert-OH is 2. The van der Waals surface area contributed by atoms with E-state index in [1.165, 1.54) is 0 Å². The minimum atomic E-state index is -1.37. The van der Waals surface area contributed by atoms with Crippen LogP contribution >= 0.6 is 15.9 Å². The predicted octanol–water partition coefficient (Wildman–Crippen LogP) is 1.52. The molecule has 0 saturated heterocycles. The van der Waals surface area contributed by atoms with Crippen LogP contribution in [0.5, 0.6) is 0 Å². The molecule has 16 heavy (non-hydrogen) atoms. The van der Waals surface area contributed by atoms with E-state index in [-0.39, 0.29) is 10.9 Å².